The predicted molar refractivity (Wildman–Crippen MR) is 71.4 cm³/mol. The maximum Gasteiger partial charge on any atom is 0.243 e. The van der Waals surface area contributed by atoms with E-state index in [1.54, 1.807) is 6.20 Å². The molecule has 9 nitrogen and oxygen atoms in total. The van der Waals surface area contributed by atoms with Gasteiger partial charge in [-0.05, 0) is 6.92 Å². The molecule has 2 aromatic heterocycles. The average Bonchev–Trinajstić information content (AvgIpc) is 2.93. The standard InChI is InChI=1S/C10H15N7O2S/c1-2-11-10-12-7-9(8-13-10)20(18,19)15-4-6-17-5-3-14-16-17/h3,5,7-8,15H,2,4,6H2,1H3,(H,11,12,13). The minimum absolute atomic E-state index is 0.0257. The Morgan fingerprint density at radius 3 is 2.65 bits per heavy atom. The molecule has 0 saturated heterocycles. The third-order valence-electron chi connectivity index (χ3n) is 2.38. The van der Waals surface area contributed by atoms with Gasteiger partial charge in [0.2, 0.25) is 16.0 Å². The highest BCUT2D eigenvalue weighted by atomic mass is 32.2. The molecule has 0 aliphatic heterocycles. The highest BCUT2D eigenvalue weighted by Crippen LogP contribution is 2.06. The third kappa shape index (κ3) is 3.71. The second-order valence-corrected chi connectivity index (χ2v) is 5.60. The summed E-state index contributed by atoms with van der Waals surface area (Å²) in [6, 6.07) is 0. The Bertz CT molecular complexity index is 624. The summed E-state index contributed by atoms with van der Waals surface area (Å²) in [5.41, 5.74) is 0. The first-order chi connectivity index (χ1) is 9.62. The summed E-state index contributed by atoms with van der Waals surface area (Å²) in [4.78, 5) is 7.87. The molecule has 2 rings (SSSR count). The van der Waals surface area contributed by atoms with Crippen LogP contribution in [0.1, 0.15) is 6.92 Å². The van der Waals surface area contributed by atoms with Crippen LogP contribution in [-0.2, 0) is 16.6 Å². The Labute approximate surface area is 116 Å². The predicted octanol–water partition coefficient (Wildman–Crippen LogP) is -0.522. The van der Waals surface area contributed by atoms with Crippen LogP contribution in [-0.4, -0.2) is 46.5 Å². The summed E-state index contributed by atoms with van der Waals surface area (Å²) in [6.45, 7) is 3.18. The summed E-state index contributed by atoms with van der Waals surface area (Å²) in [5.74, 6) is 0.397. The van der Waals surface area contributed by atoms with Crippen molar-refractivity contribution in [2.45, 2.75) is 18.4 Å². The average molecular weight is 297 g/mol. The first kappa shape index (κ1) is 14.3. The van der Waals surface area contributed by atoms with E-state index in [1.165, 1.54) is 23.3 Å². The monoisotopic (exact) mass is 297 g/mol. The van der Waals surface area contributed by atoms with Crippen molar-refractivity contribution < 1.29 is 8.42 Å². The van der Waals surface area contributed by atoms with Gasteiger partial charge in [-0.3, -0.25) is 4.68 Å². The number of anilines is 1. The third-order valence-corrected chi connectivity index (χ3v) is 3.79. The summed E-state index contributed by atoms with van der Waals surface area (Å²) >= 11 is 0. The summed E-state index contributed by atoms with van der Waals surface area (Å²) < 4.78 is 27.9. The van der Waals surface area contributed by atoms with Gasteiger partial charge in [0.1, 0.15) is 4.90 Å². The number of nitrogens with one attached hydrogen (secondary N) is 2. The van der Waals surface area contributed by atoms with Crippen molar-refractivity contribution in [3.05, 3.63) is 24.8 Å². The minimum Gasteiger partial charge on any atom is -0.355 e. The molecule has 0 aliphatic rings. The number of hydrogen-bond acceptors (Lipinski definition) is 7. The van der Waals surface area contributed by atoms with Crippen LogP contribution in [0, 0.1) is 0 Å². The normalized spacial score (nSPS) is 11.4. The molecule has 0 spiro atoms. The lowest BCUT2D eigenvalue weighted by Crippen LogP contribution is -2.28. The van der Waals surface area contributed by atoms with Gasteiger partial charge in [0.15, 0.2) is 0 Å². The maximum atomic E-state index is 12.0. The molecule has 108 valence electrons. The highest BCUT2D eigenvalue weighted by Gasteiger charge is 2.14. The van der Waals surface area contributed by atoms with Crippen molar-refractivity contribution >= 4 is 16.0 Å². The van der Waals surface area contributed by atoms with Gasteiger partial charge < -0.3 is 5.32 Å². The summed E-state index contributed by atoms with van der Waals surface area (Å²) in [5, 5.41) is 10.3. The Morgan fingerprint density at radius 2 is 2.05 bits per heavy atom. The van der Waals surface area contributed by atoms with Gasteiger partial charge in [-0.25, -0.2) is 23.1 Å². The molecule has 0 bridgehead atoms. The van der Waals surface area contributed by atoms with Crippen molar-refractivity contribution in [1.82, 2.24) is 29.7 Å². The molecule has 2 aromatic rings. The van der Waals surface area contributed by atoms with Crippen LogP contribution >= 0.6 is 0 Å². The Kier molecular flexibility index (Phi) is 4.58. The van der Waals surface area contributed by atoms with Gasteiger partial charge in [-0.1, -0.05) is 5.21 Å². The zero-order valence-corrected chi connectivity index (χ0v) is 11.7. The molecule has 2 N–H and O–H groups in total. The molecule has 0 aromatic carbocycles. The smallest absolute Gasteiger partial charge is 0.243 e. The number of hydrogen-bond donors (Lipinski definition) is 2. The van der Waals surface area contributed by atoms with E-state index in [0.29, 0.717) is 19.0 Å². The van der Waals surface area contributed by atoms with Crippen molar-refractivity contribution in [1.29, 1.82) is 0 Å². The van der Waals surface area contributed by atoms with Crippen LogP contribution in [0.25, 0.3) is 0 Å². The van der Waals surface area contributed by atoms with Crippen LogP contribution < -0.4 is 10.0 Å². The van der Waals surface area contributed by atoms with Gasteiger partial charge >= 0.3 is 0 Å². The second-order valence-electron chi connectivity index (χ2n) is 3.84. The largest absolute Gasteiger partial charge is 0.355 e. The Hall–Kier alpha value is -2.07. The minimum atomic E-state index is -3.61. The SMILES string of the molecule is CCNc1ncc(S(=O)(=O)NCCn2ccnn2)cn1. The highest BCUT2D eigenvalue weighted by molar-refractivity contribution is 7.89. The fourth-order valence-electron chi connectivity index (χ4n) is 1.43. The van der Waals surface area contributed by atoms with Gasteiger partial charge in [0.25, 0.3) is 0 Å². The Morgan fingerprint density at radius 1 is 1.30 bits per heavy atom. The van der Waals surface area contributed by atoms with Gasteiger partial charge in [0.05, 0.1) is 25.1 Å². The van der Waals surface area contributed by atoms with E-state index >= 15 is 0 Å². The molecule has 0 aliphatic carbocycles. The lowest BCUT2D eigenvalue weighted by Gasteiger charge is -2.07. The van der Waals surface area contributed by atoms with Crippen molar-refractivity contribution in [2.24, 2.45) is 0 Å². The number of sulfonamides is 1. The van der Waals surface area contributed by atoms with Crippen LogP contribution in [0.3, 0.4) is 0 Å². The van der Waals surface area contributed by atoms with Crippen LogP contribution in [0.5, 0.6) is 0 Å². The van der Waals surface area contributed by atoms with Crippen LogP contribution in [0.15, 0.2) is 29.7 Å². The maximum absolute atomic E-state index is 12.0. The van der Waals surface area contributed by atoms with E-state index in [9.17, 15) is 8.42 Å². The molecule has 0 atom stereocenters. The van der Waals surface area contributed by atoms with Crippen molar-refractivity contribution in [3.8, 4) is 0 Å². The summed E-state index contributed by atoms with van der Waals surface area (Å²) in [7, 11) is -3.61. The second kappa shape index (κ2) is 6.39. The molecule has 10 heteroatoms. The summed E-state index contributed by atoms with van der Waals surface area (Å²) in [6.07, 6.45) is 5.72. The molecule has 0 amide bonds. The van der Waals surface area contributed by atoms with E-state index in [0.717, 1.165) is 0 Å². The lowest BCUT2D eigenvalue weighted by atomic mass is 10.6. The van der Waals surface area contributed by atoms with Crippen LogP contribution in [0.2, 0.25) is 0 Å². The molecule has 2 heterocycles. The quantitative estimate of drug-likeness (QED) is 0.706. The van der Waals surface area contributed by atoms with E-state index in [4.69, 9.17) is 0 Å². The zero-order valence-electron chi connectivity index (χ0n) is 10.9. The number of aromatic nitrogens is 5. The molecule has 0 fully saturated rings. The van der Waals surface area contributed by atoms with E-state index in [1.807, 2.05) is 6.92 Å². The van der Waals surface area contributed by atoms with E-state index < -0.39 is 10.0 Å². The van der Waals surface area contributed by atoms with E-state index in [2.05, 4.69) is 30.3 Å². The first-order valence-electron chi connectivity index (χ1n) is 6.01. The molecule has 20 heavy (non-hydrogen) atoms. The van der Waals surface area contributed by atoms with Gasteiger partial charge in [-0.2, -0.15) is 0 Å². The van der Waals surface area contributed by atoms with Gasteiger partial charge in [0, 0.05) is 19.3 Å². The molecular weight excluding hydrogens is 282 g/mol. The Balaban J connectivity index is 1.95. The van der Waals surface area contributed by atoms with Crippen molar-refractivity contribution in [2.75, 3.05) is 18.4 Å². The van der Waals surface area contributed by atoms with Crippen LogP contribution in [0.4, 0.5) is 5.95 Å². The first-order valence-corrected chi connectivity index (χ1v) is 7.50. The number of nitrogens with zero attached hydrogens (tertiary/aromatic N) is 5. The molecule has 0 radical (unpaired) electrons. The molecular formula is C10H15N7O2S. The fraction of sp³-hybridized carbons (Fsp3) is 0.400. The lowest BCUT2D eigenvalue weighted by molar-refractivity contribution is 0.552. The molecule has 0 saturated carbocycles. The number of rotatable bonds is 7. The van der Waals surface area contributed by atoms with Crippen molar-refractivity contribution in [3.63, 3.8) is 0 Å². The fourth-order valence-corrected chi connectivity index (χ4v) is 2.34. The van der Waals surface area contributed by atoms with E-state index in [-0.39, 0.29) is 11.4 Å². The molecule has 0 unspecified atom stereocenters. The topological polar surface area (TPSA) is 115 Å². The van der Waals surface area contributed by atoms with Gasteiger partial charge in [-0.15, -0.1) is 5.10 Å². The zero-order chi connectivity index (χ0) is 14.4.